The molecule has 3 nitrogen and oxygen atoms in total. The third-order valence-electron chi connectivity index (χ3n) is 2.83. The fourth-order valence-electron chi connectivity index (χ4n) is 1.93. The minimum atomic E-state index is 0.149. The van der Waals surface area contributed by atoms with Gasteiger partial charge in [0, 0.05) is 18.7 Å². The fraction of sp³-hybridized carbons (Fsp3) is 0.533. The van der Waals surface area contributed by atoms with Crippen molar-refractivity contribution in [3.8, 4) is 0 Å². The maximum absolute atomic E-state index is 12.3. The first-order valence-electron chi connectivity index (χ1n) is 6.64. The van der Waals surface area contributed by atoms with Gasteiger partial charge < -0.3 is 9.80 Å². The van der Waals surface area contributed by atoms with Crippen LogP contribution in [-0.2, 0) is 0 Å². The normalized spacial score (nSPS) is 10.7. The summed E-state index contributed by atoms with van der Waals surface area (Å²) in [6.45, 7) is 4.79. The lowest BCUT2D eigenvalue weighted by atomic mass is 10.2. The molecule has 0 spiro atoms. The van der Waals surface area contributed by atoms with Crippen molar-refractivity contribution in [3.05, 3.63) is 35.9 Å². The largest absolute Gasteiger partial charge is 0.339 e. The second-order valence-electron chi connectivity index (χ2n) is 4.82. The van der Waals surface area contributed by atoms with E-state index >= 15 is 0 Å². The van der Waals surface area contributed by atoms with E-state index in [1.165, 1.54) is 0 Å². The Bertz CT molecular complexity index is 349. The molecular weight excluding hydrogens is 224 g/mol. The third-order valence-corrected chi connectivity index (χ3v) is 2.83. The minimum Gasteiger partial charge on any atom is -0.339 e. The van der Waals surface area contributed by atoms with Gasteiger partial charge >= 0.3 is 0 Å². The van der Waals surface area contributed by atoms with Crippen molar-refractivity contribution < 1.29 is 4.79 Å². The van der Waals surface area contributed by atoms with E-state index in [9.17, 15) is 4.79 Å². The molecule has 0 saturated heterocycles. The molecule has 0 N–H and O–H groups in total. The van der Waals surface area contributed by atoms with Crippen LogP contribution >= 0.6 is 0 Å². The second kappa shape index (κ2) is 7.88. The Morgan fingerprint density at radius 2 is 1.72 bits per heavy atom. The molecule has 0 aliphatic rings. The third kappa shape index (κ3) is 4.88. The molecule has 0 aromatic heterocycles. The van der Waals surface area contributed by atoms with Crippen molar-refractivity contribution in [1.82, 2.24) is 9.80 Å². The number of carbonyl (C=O) groups is 1. The summed E-state index contributed by atoms with van der Waals surface area (Å²) in [6.07, 6.45) is 2.02. The molecule has 0 saturated carbocycles. The van der Waals surface area contributed by atoms with Crippen LogP contribution in [0.2, 0.25) is 0 Å². The Morgan fingerprint density at radius 3 is 2.28 bits per heavy atom. The maximum Gasteiger partial charge on any atom is 0.253 e. The van der Waals surface area contributed by atoms with Crippen molar-refractivity contribution >= 4 is 5.91 Å². The van der Waals surface area contributed by atoms with E-state index in [1.54, 1.807) is 0 Å². The van der Waals surface area contributed by atoms with Gasteiger partial charge in [0.25, 0.3) is 5.91 Å². The molecule has 0 atom stereocenters. The lowest BCUT2D eigenvalue weighted by molar-refractivity contribution is 0.0750. The SMILES string of the molecule is CCCN(CCCN(C)C)C(=O)c1ccccc1. The van der Waals surface area contributed by atoms with Gasteiger partial charge in [-0.25, -0.2) is 0 Å². The Kier molecular flexibility index (Phi) is 6.44. The van der Waals surface area contributed by atoms with E-state index in [1.807, 2.05) is 35.2 Å². The summed E-state index contributed by atoms with van der Waals surface area (Å²) in [5, 5.41) is 0. The molecule has 3 heteroatoms. The molecule has 0 radical (unpaired) electrons. The van der Waals surface area contributed by atoms with Crippen LogP contribution in [-0.4, -0.2) is 49.4 Å². The Balaban J connectivity index is 2.58. The summed E-state index contributed by atoms with van der Waals surface area (Å²) < 4.78 is 0. The first kappa shape index (κ1) is 14.7. The first-order valence-corrected chi connectivity index (χ1v) is 6.64. The van der Waals surface area contributed by atoms with E-state index < -0.39 is 0 Å². The Labute approximate surface area is 110 Å². The van der Waals surface area contributed by atoms with Crippen LogP contribution in [0.15, 0.2) is 30.3 Å². The van der Waals surface area contributed by atoms with Crippen LogP contribution in [0.1, 0.15) is 30.1 Å². The second-order valence-corrected chi connectivity index (χ2v) is 4.82. The molecular formula is C15H24N2O. The van der Waals surface area contributed by atoms with Crippen LogP contribution in [0.5, 0.6) is 0 Å². The molecule has 1 aromatic rings. The molecule has 0 unspecified atom stereocenters. The van der Waals surface area contributed by atoms with Crippen molar-refractivity contribution in [2.75, 3.05) is 33.7 Å². The highest BCUT2D eigenvalue weighted by atomic mass is 16.2. The molecule has 100 valence electrons. The van der Waals surface area contributed by atoms with Gasteiger partial charge in [0.1, 0.15) is 0 Å². The molecule has 1 amide bonds. The number of hydrogen-bond donors (Lipinski definition) is 0. The average molecular weight is 248 g/mol. The summed E-state index contributed by atoms with van der Waals surface area (Å²) in [4.78, 5) is 16.4. The molecule has 1 aromatic carbocycles. The van der Waals surface area contributed by atoms with Crippen molar-refractivity contribution in [1.29, 1.82) is 0 Å². The van der Waals surface area contributed by atoms with Gasteiger partial charge in [-0.3, -0.25) is 4.79 Å². The van der Waals surface area contributed by atoms with Gasteiger partial charge in [-0.15, -0.1) is 0 Å². The zero-order valence-electron chi connectivity index (χ0n) is 11.7. The van der Waals surface area contributed by atoms with Crippen LogP contribution < -0.4 is 0 Å². The zero-order valence-corrected chi connectivity index (χ0v) is 11.7. The van der Waals surface area contributed by atoms with E-state index in [4.69, 9.17) is 0 Å². The van der Waals surface area contributed by atoms with Gasteiger partial charge in [0.05, 0.1) is 0 Å². The van der Waals surface area contributed by atoms with Crippen LogP contribution in [0, 0.1) is 0 Å². The van der Waals surface area contributed by atoms with Crippen LogP contribution in [0.25, 0.3) is 0 Å². The summed E-state index contributed by atoms with van der Waals surface area (Å²) in [6, 6.07) is 9.54. The van der Waals surface area contributed by atoms with E-state index in [-0.39, 0.29) is 5.91 Å². The lowest BCUT2D eigenvalue weighted by Gasteiger charge is -2.23. The van der Waals surface area contributed by atoms with Gasteiger partial charge in [0.2, 0.25) is 0 Å². The van der Waals surface area contributed by atoms with Crippen molar-refractivity contribution in [2.45, 2.75) is 19.8 Å². The summed E-state index contributed by atoms with van der Waals surface area (Å²) in [5.74, 6) is 0.149. The maximum atomic E-state index is 12.3. The zero-order chi connectivity index (χ0) is 13.4. The molecule has 18 heavy (non-hydrogen) atoms. The van der Waals surface area contributed by atoms with E-state index in [0.29, 0.717) is 0 Å². The van der Waals surface area contributed by atoms with Crippen LogP contribution in [0.3, 0.4) is 0 Å². The first-order chi connectivity index (χ1) is 8.65. The van der Waals surface area contributed by atoms with Crippen molar-refractivity contribution in [3.63, 3.8) is 0 Å². The minimum absolute atomic E-state index is 0.149. The number of nitrogens with zero attached hydrogens (tertiary/aromatic N) is 2. The van der Waals surface area contributed by atoms with Gasteiger partial charge in [-0.2, -0.15) is 0 Å². The average Bonchev–Trinajstić information content (AvgIpc) is 2.37. The summed E-state index contributed by atoms with van der Waals surface area (Å²) in [5.41, 5.74) is 0.788. The van der Waals surface area contributed by atoms with Crippen LogP contribution in [0.4, 0.5) is 0 Å². The number of rotatable bonds is 7. The van der Waals surface area contributed by atoms with E-state index in [2.05, 4.69) is 25.9 Å². The summed E-state index contributed by atoms with van der Waals surface area (Å²) in [7, 11) is 4.12. The Morgan fingerprint density at radius 1 is 1.06 bits per heavy atom. The molecule has 0 bridgehead atoms. The Hall–Kier alpha value is -1.35. The molecule has 0 heterocycles. The number of hydrogen-bond acceptors (Lipinski definition) is 2. The number of amides is 1. The predicted molar refractivity (Wildman–Crippen MR) is 75.8 cm³/mol. The fourth-order valence-corrected chi connectivity index (χ4v) is 1.93. The molecule has 0 aliphatic heterocycles. The highest BCUT2D eigenvalue weighted by molar-refractivity contribution is 5.94. The lowest BCUT2D eigenvalue weighted by Crippen LogP contribution is -2.34. The van der Waals surface area contributed by atoms with Gasteiger partial charge in [-0.05, 0) is 45.6 Å². The summed E-state index contributed by atoms with van der Waals surface area (Å²) >= 11 is 0. The predicted octanol–water partition coefficient (Wildman–Crippen LogP) is 2.49. The molecule has 1 rings (SSSR count). The monoisotopic (exact) mass is 248 g/mol. The highest BCUT2D eigenvalue weighted by Crippen LogP contribution is 2.06. The van der Waals surface area contributed by atoms with Gasteiger partial charge in [0.15, 0.2) is 0 Å². The standard InChI is InChI=1S/C15H24N2O/c1-4-11-17(13-8-12-16(2)3)15(18)14-9-6-5-7-10-14/h5-7,9-10H,4,8,11-13H2,1-3H3. The molecule has 0 aliphatic carbocycles. The van der Waals surface area contributed by atoms with E-state index in [0.717, 1.165) is 38.0 Å². The quantitative estimate of drug-likeness (QED) is 0.740. The van der Waals surface area contributed by atoms with Gasteiger partial charge in [-0.1, -0.05) is 25.1 Å². The number of benzene rings is 1. The topological polar surface area (TPSA) is 23.6 Å². The number of carbonyl (C=O) groups excluding carboxylic acids is 1. The van der Waals surface area contributed by atoms with Crippen molar-refractivity contribution in [2.24, 2.45) is 0 Å². The smallest absolute Gasteiger partial charge is 0.253 e. The molecule has 0 fully saturated rings. The highest BCUT2D eigenvalue weighted by Gasteiger charge is 2.13.